The minimum Gasteiger partial charge on any atom is -0.336 e. The van der Waals surface area contributed by atoms with Crippen molar-refractivity contribution in [1.29, 1.82) is 0 Å². The number of rotatable bonds is 3. The number of benzene rings is 1. The summed E-state index contributed by atoms with van der Waals surface area (Å²) < 4.78 is 3.35. The van der Waals surface area contributed by atoms with Crippen LogP contribution >= 0.6 is 0 Å². The minimum absolute atomic E-state index is 0.0470. The summed E-state index contributed by atoms with van der Waals surface area (Å²) in [5, 5.41) is 0. The van der Waals surface area contributed by atoms with Gasteiger partial charge in [0.25, 0.3) is 0 Å². The van der Waals surface area contributed by atoms with E-state index in [0.717, 1.165) is 23.9 Å². The second-order valence-corrected chi connectivity index (χ2v) is 6.53. The molecule has 3 rings (SSSR count). The van der Waals surface area contributed by atoms with Crippen LogP contribution in [0, 0.1) is 0 Å². The highest BCUT2D eigenvalue weighted by Gasteiger charge is 2.29. The number of carbonyl (C=O) groups is 1. The molecule has 1 aromatic heterocycles. The third-order valence-corrected chi connectivity index (χ3v) is 5.02. The Balaban J connectivity index is 1.97. The smallest absolute Gasteiger partial charge is 0.329 e. The Hall–Kier alpha value is -2.04. The summed E-state index contributed by atoms with van der Waals surface area (Å²) in [6.07, 6.45) is 3.25. The number of imidazole rings is 1. The molecule has 0 saturated carbocycles. The maximum Gasteiger partial charge on any atom is 0.329 e. The molecule has 0 aliphatic carbocycles. The summed E-state index contributed by atoms with van der Waals surface area (Å²) >= 11 is 0. The van der Waals surface area contributed by atoms with Gasteiger partial charge in [-0.3, -0.25) is 13.9 Å². The Morgan fingerprint density at radius 1 is 1.09 bits per heavy atom. The predicted molar refractivity (Wildman–Crippen MR) is 91.5 cm³/mol. The maximum atomic E-state index is 12.8. The van der Waals surface area contributed by atoms with Gasteiger partial charge in [0.1, 0.15) is 6.54 Å². The van der Waals surface area contributed by atoms with Gasteiger partial charge >= 0.3 is 5.69 Å². The monoisotopic (exact) mass is 315 g/mol. The lowest BCUT2D eigenvalue weighted by Crippen LogP contribution is -2.49. The summed E-state index contributed by atoms with van der Waals surface area (Å²) in [6.45, 7) is 6.89. The van der Waals surface area contributed by atoms with Gasteiger partial charge in [0, 0.05) is 18.6 Å². The molecule has 2 heterocycles. The Morgan fingerprint density at radius 3 is 2.22 bits per heavy atom. The van der Waals surface area contributed by atoms with Crippen molar-refractivity contribution in [1.82, 2.24) is 14.0 Å². The van der Waals surface area contributed by atoms with Crippen molar-refractivity contribution in [3.05, 3.63) is 34.7 Å². The van der Waals surface area contributed by atoms with Gasteiger partial charge in [-0.1, -0.05) is 12.1 Å². The lowest BCUT2D eigenvalue weighted by Gasteiger charge is -2.39. The van der Waals surface area contributed by atoms with Crippen molar-refractivity contribution < 1.29 is 4.79 Å². The first kappa shape index (κ1) is 15.8. The number of hydrogen-bond donors (Lipinski definition) is 0. The maximum absolute atomic E-state index is 12.8. The Kier molecular flexibility index (Phi) is 4.28. The lowest BCUT2D eigenvalue weighted by molar-refractivity contribution is -0.137. The molecule has 1 aliphatic rings. The van der Waals surface area contributed by atoms with Gasteiger partial charge in [-0.25, -0.2) is 4.79 Å². The molecule has 5 heteroatoms. The molecule has 1 aromatic carbocycles. The molecule has 1 fully saturated rings. The number of piperidine rings is 1. The van der Waals surface area contributed by atoms with Crippen molar-refractivity contribution >= 4 is 16.9 Å². The zero-order valence-electron chi connectivity index (χ0n) is 14.2. The van der Waals surface area contributed by atoms with Gasteiger partial charge in [-0.2, -0.15) is 0 Å². The van der Waals surface area contributed by atoms with Crippen LogP contribution in [-0.2, 0) is 17.9 Å². The second kappa shape index (κ2) is 6.22. The van der Waals surface area contributed by atoms with Crippen molar-refractivity contribution in [3.63, 3.8) is 0 Å². The fourth-order valence-corrected chi connectivity index (χ4v) is 3.86. The van der Waals surface area contributed by atoms with E-state index in [2.05, 4.69) is 13.8 Å². The van der Waals surface area contributed by atoms with E-state index in [-0.39, 0.29) is 30.2 Å². The largest absolute Gasteiger partial charge is 0.336 e. The quantitative estimate of drug-likeness (QED) is 0.874. The molecule has 124 valence electrons. The van der Waals surface area contributed by atoms with Gasteiger partial charge in [0.05, 0.1) is 11.0 Å². The number of para-hydroxylation sites is 2. The van der Waals surface area contributed by atoms with Crippen molar-refractivity contribution in [3.8, 4) is 0 Å². The minimum atomic E-state index is -0.0978. The van der Waals surface area contributed by atoms with Crippen molar-refractivity contribution in [2.24, 2.45) is 0 Å². The Bertz CT molecular complexity index is 764. The van der Waals surface area contributed by atoms with Crippen LogP contribution in [-0.4, -0.2) is 32.0 Å². The first-order chi connectivity index (χ1) is 11.0. The van der Waals surface area contributed by atoms with E-state index < -0.39 is 0 Å². The number of aryl methyl sites for hydroxylation is 1. The standard InChI is InChI=1S/C18H25N3O2/c1-4-19-15-10-5-6-11-16(15)20(18(19)23)12-17(22)21-13(2)8-7-9-14(21)3/h5-6,10-11,13-14H,4,7-9,12H2,1-3H3/t13-,14+. The zero-order chi connectivity index (χ0) is 16.6. The number of carbonyl (C=O) groups excluding carboxylic acids is 1. The predicted octanol–water partition coefficient (Wildman–Crippen LogP) is 2.61. The average Bonchev–Trinajstić information content (AvgIpc) is 2.79. The first-order valence-electron chi connectivity index (χ1n) is 8.53. The first-order valence-corrected chi connectivity index (χ1v) is 8.53. The molecule has 1 aliphatic heterocycles. The van der Waals surface area contributed by atoms with Crippen LogP contribution in [0.15, 0.2) is 29.1 Å². The summed E-state index contributed by atoms with van der Waals surface area (Å²) in [5.74, 6) is 0.0470. The molecule has 0 N–H and O–H groups in total. The Labute approximate surface area is 136 Å². The number of nitrogens with zero attached hydrogens (tertiary/aromatic N) is 3. The molecule has 2 aromatic rings. The van der Waals surface area contributed by atoms with E-state index in [9.17, 15) is 9.59 Å². The molecule has 0 bridgehead atoms. The van der Waals surface area contributed by atoms with Crippen LogP contribution < -0.4 is 5.69 Å². The van der Waals surface area contributed by atoms with Gasteiger partial charge in [0.2, 0.25) is 5.91 Å². The Morgan fingerprint density at radius 2 is 1.65 bits per heavy atom. The molecule has 5 nitrogen and oxygen atoms in total. The fourth-order valence-electron chi connectivity index (χ4n) is 3.86. The highest BCUT2D eigenvalue weighted by Crippen LogP contribution is 2.23. The van der Waals surface area contributed by atoms with Crippen LogP contribution in [0.25, 0.3) is 11.0 Å². The molecule has 23 heavy (non-hydrogen) atoms. The van der Waals surface area contributed by atoms with Gasteiger partial charge in [0.15, 0.2) is 0 Å². The molecule has 0 radical (unpaired) electrons. The van der Waals surface area contributed by atoms with E-state index in [1.54, 1.807) is 9.13 Å². The van der Waals surface area contributed by atoms with Crippen molar-refractivity contribution in [2.75, 3.05) is 0 Å². The summed E-state index contributed by atoms with van der Waals surface area (Å²) in [6, 6.07) is 8.19. The fraction of sp³-hybridized carbons (Fsp3) is 0.556. The number of aromatic nitrogens is 2. The summed E-state index contributed by atoms with van der Waals surface area (Å²) in [4.78, 5) is 27.5. The highest BCUT2D eigenvalue weighted by molar-refractivity contribution is 5.81. The van der Waals surface area contributed by atoms with E-state index in [1.807, 2.05) is 36.1 Å². The lowest BCUT2D eigenvalue weighted by atomic mass is 9.97. The van der Waals surface area contributed by atoms with Gasteiger partial charge < -0.3 is 4.90 Å². The van der Waals surface area contributed by atoms with Crippen LogP contribution in [0.5, 0.6) is 0 Å². The van der Waals surface area contributed by atoms with Crippen LogP contribution in [0.3, 0.4) is 0 Å². The van der Waals surface area contributed by atoms with Crippen LogP contribution in [0.1, 0.15) is 40.0 Å². The molecular weight excluding hydrogens is 290 g/mol. The number of fused-ring (bicyclic) bond motifs is 1. The van der Waals surface area contributed by atoms with Crippen LogP contribution in [0.4, 0.5) is 0 Å². The van der Waals surface area contributed by atoms with Crippen molar-refractivity contribution in [2.45, 2.75) is 65.2 Å². The zero-order valence-corrected chi connectivity index (χ0v) is 14.2. The van der Waals surface area contributed by atoms with E-state index >= 15 is 0 Å². The SMILES string of the molecule is CCn1c(=O)n(CC(=O)N2[C@H](C)CCC[C@@H]2C)c2ccccc21. The molecule has 0 spiro atoms. The molecule has 1 saturated heterocycles. The van der Waals surface area contributed by atoms with E-state index in [4.69, 9.17) is 0 Å². The molecule has 0 unspecified atom stereocenters. The number of amides is 1. The number of hydrogen-bond acceptors (Lipinski definition) is 2. The summed E-state index contributed by atoms with van der Waals surface area (Å²) in [7, 11) is 0. The normalized spacial score (nSPS) is 21.8. The van der Waals surface area contributed by atoms with E-state index in [1.165, 1.54) is 6.42 Å². The highest BCUT2D eigenvalue weighted by atomic mass is 16.2. The number of likely N-dealkylation sites (tertiary alicyclic amines) is 1. The molecule has 1 amide bonds. The topological polar surface area (TPSA) is 47.2 Å². The second-order valence-electron chi connectivity index (χ2n) is 6.53. The molecular formula is C18H25N3O2. The summed E-state index contributed by atoms with van der Waals surface area (Å²) in [5.41, 5.74) is 1.64. The van der Waals surface area contributed by atoms with E-state index in [0.29, 0.717) is 6.54 Å². The third-order valence-electron chi connectivity index (χ3n) is 5.02. The molecule has 2 atom stereocenters. The van der Waals surface area contributed by atoms with Crippen LogP contribution in [0.2, 0.25) is 0 Å². The van der Waals surface area contributed by atoms with Gasteiger partial charge in [-0.05, 0) is 52.2 Å². The third kappa shape index (κ3) is 2.69. The average molecular weight is 315 g/mol. The van der Waals surface area contributed by atoms with Gasteiger partial charge in [-0.15, -0.1) is 0 Å².